The molecule has 0 saturated heterocycles. The highest BCUT2D eigenvalue weighted by atomic mass is 14.1. The first-order valence-electron chi connectivity index (χ1n) is 33.0. The second-order valence-corrected chi connectivity index (χ2v) is 24.5. The zero-order valence-corrected chi connectivity index (χ0v) is 55.7. The van der Waals surface area contributed by atoms with Crippen LogP contribution in [0.25, 0.3) is 109 Å². The van der Waals surface area contributed by atoms with E-state index in [0.29, 0.717) is 0 Å². The molecule has 95 heavy (non-hydrogen) atoms. The van der Waals surface area contributed by atoms with Gasteiger partial charge in [-0.2, -0.15) is 0 Å². The van der Waals surface area contributed by atoms with Crippen molar-refractivity contribution in [2.75, 3.05) is 0 Å². The fourth-order valence-corrected chi connectivity index (χ4v) is 12.1. The molecule has 0 heteroatoms. The van der Waals surface area contributed by atoms with Crippen molar-refractivity contribution in [2.24, 2.45) is 0 Å². The smallest absolute Gasteiger partial charge is 0.0103 e. The molecule has 0 aliphatic heterocycles. The summed E-state index contributed by atoms with van der Waals surface area (Å²) >= 11 is 0. The summed E-state index contributed by atoms with van der Waals surface area (Å²) in [5.41, 5.74) is 17.0. The van der Waals surface area contributed by atoms with Crippen LogP contribution in [-0.2, 0) is 0 Å². The Bertz CT molecular complexity index is 5270. The molecule has 0 aromatic heterocycles. The van der Waals surface area contributed by atoms with E-state index in [1.165, 1.54) is 148 Å². The Balaban J connectivity index is 0.000000113. The van der Waals surface area contributed by atoms with Gasteiger partial charge in [-0.05, 0) is 168 Å². The van der Waals surface area contributed by atoms with Crippen LogP contribution in [0.3, 0.4) is 0 Å². The minimum Gasteiger partial charge on any atom is -0.0622 e. The third kappa shape index (κ3) is 17.4. The average Bonchev–Trinajstić information content (AvgIpc) is 0.896. The minimum absolute atomic E-state index is 1.28. The molecule has 0 amide bonds. The van der Waals surface area contributed by atoms with Crippen LogP contribution in [0.5, 0.6) is 0 Å². The van der Waals surface area contributed by atoms with Crippen molar-refractivity contribution in [2.45, 2.75) is 48.5 Å². The molecule has 17 aromatic rings. The summed E-state index contributed by atoms with van der Waals surface area (Å²) in [6.07, 6.45) is 0. The molecule has 17 rings (SSSR count). The van der Waals surface area contributed by atoms with Crippen LogP contribution in [0.2, 0.25) is 0 Å². The quantitative estimate of drug-likeness (QED) is 0.155. The normalized spacial score (nSPS) is 10.5. The lowest BCUT2D eigenvalue weighted by Gasteiger charge is -2.07. The molecule has 0 unspecified atom stereocenters. The lowest BCUT2D eigenvalue weighted by molar-refractivity contribution is 1.47. The van der Waals surface area contributed by atoms with Gasteiger partial charge in [0, 0.05) is 0 Å². The summed E-state index contributed by atoms with van der Waals surface area (Å²) in [5.74, 6) is 0. The first-order valence-corrected chi connectivity index (χ1v) is 33.0. The maximum atomic E-state index is 2.26. The van der Waals surface area contributed by atoms with Crippen molar-refractivity contribution in [3.05, 3.63) is 409 Å². The first-order chi connectivity index (χ1) is 46.5. The molecule has 0 fully saturated rings. The van der Waals surface area contributed by atoms with E-state index in [4.69, 9.17) is 0 Å². The molecule has 0 spiro atoms. The summed E-state index contributed by atoms with van der Waals surface area (Å²) in [5, 5.41) is 18.7. The van der Waals surface area contributed by atoms with Gasteiger partial charge < -0.3 is 0 Å². The average molecular weight is 1220 g/mol. The highest BCUT2D eigenvalue weighted by molar-refractivity contribution is 6.09. The number of hydrogen-bond donors (Lipinski definition) is 0. The standard InChI is InChI=1S/C17H14.2C15H12.2C13H12.2C11H10/c1-13-9-11-15(12-10-13)17-8-4-6-14-5-2-3-7-16(14)17;1-11-10-12-6-2-3-8-14(12)15-9-5-4-7-13(11)15;1-11-6-9-15-13(10-11)8-7-12-4-2-3-5-14(12)15;1-11-6-5-9-13(10-11)12-7-3-2-4-8-12;1-11-7-9-13(10-8-11)12-5-3-2-4-6-12;1-9-5-4-7-10-6-2-3-8-11(9)10;1-9-6-7-10-4-2-3-5-11(10)8-9/h2-12H,1H3;2*2-10H,1H3;2*2-10H,1H3;2*2-8H,1H3. The SMILES string of the molecule is Cc1cc2ccccc2c2ccccc12.Cc1ccc(-c2cccc3ccccc23)cc1.Cc1ccc(-c2ccccc2)cc1.Cc1ccc2c(ccc3ccccc32)c1.Cc1ccc2ccccc2c1.Cc1cccc(-c2ccccc2)c1.Cc1cccc2ccccc12. The predicted octanol–water partition coefficient (Wildman–Crippen LogP) is 27.0. The molecule has 462 valence electrons. The van der Waals surface area contributed by atoms with E-state index in [-0.39, 0.29) is 0 Å². The topological polar surface area (TPSA) is 0 Å². The van der Waals surface area contributed by atoms with E-state index in [9.17, 15) is 0 Å². The van der Waals surface area contributed by atoms with Gasteiger partial charge in [-0.1, -0.05) is 398 Å². The van der Waals surface area contributed by atoms with E-state index in [1.54, 1.807) is 0 Å². The van der Waals surface area contributed by atoms with E-state index < -0.39 is 0 Å². The van der Waals surface area contributed by atoms with Gasteiger partial charge in [0.15, 0.2) is 0 Å². The van der Waals surface area contributed by atoms with E-state index in [2.05, 4.69) is 406 Å². The summed E-state index contributed by atoms with van der Waals surface area (Å²) in [4.78, 5) is 0. The molecular weight excluding hydrogens is 1140 g/mol. The van der Waals surface area contributed by atoms with Gasteiger partial charge >= 0.3 is 0 Å². The van der Waals surface area contributed by atoms with Gasteiger partial charge in [0.2, 0.25) is 0 Å². The molecule has 0 nitrogen and oxygen atoms in total. The molecule has 0 heterocycles. The Kier molecular flexibility index (Phi) is 22.1. The van der Waals surface area contributed by atoms with Gasteiger partial charge in [0.1, 0.15) is 0 Å². The van der Waals surface area contributed by atoms with E-state index in [0.717, 1.165) is 0 Å². The molecule has 0 aliphatic rings. The molecule has 17 aromatic carbocycles. The monoisotopic (exact) mass is 1220 g/mol. The highest BCUT2D eigenvalue weighted by Crippen LogP contribution is 2.31. The van der Waals surface area contributed by atoms with Crippen molar-refractivity contribution in [3.8, 4) is 33.4 Å². The predicted molar refractivity (Wildman–Crippen MR) is 417 cm³/mol. The van der Waals surface area contributed by atoms with Crippen LogP contribution in [-0.4, -0.2) is 0 Å². The van der Waals surface area contributed by atoms with Gasteiger partial charge in [-0.15, -0.1) is 0 Å². The molecule has 0 aliphatic carbocycles. The lowest BCUT2D eigenvalue weighted by Crippen LogP contribution is -1.81. The molecule has 0 atom stereocenters. The Morgan fingerprint density at radius 3 is 1.09 bits per heavy atom. The van der Waals surface area contributed by atoms with E-state index in [1.807, 2.05) is 12.1 Å². The number of rotatable bonds is 3. The summed E-state index contributed by atoms with van der Waals surface area (Å²) < 4.78 is 0. The second-order valence-electron chi connectivity index (χ2n) is 24.5. The third-order valence-corrected chi connectivity index (χ3v) is 17.2. The number of fused-ring (bicyclic) bond motifs is 9. The minimum atomic E-state index is 1.28. The van der Waals surface area contributed by atoms with Crippen LogP contribution in [0.1, 0.15) is 38.9 Å². The highest BCUT2D eigenvalue weighted by Gasteiger charge is 2.05. The number of benzene rings is 17. The Morgan fingerprint density at radius 2 is 0.484 bits per heavy atom. The van der Waals surface area contributed by atoms with Crippen molar-refractivity contribution >= 4 is 75.4 Å². The zero-order chi connectivity index (χ0) is 65.7. The van der Waals surface area contributed by atoms with Crippen LogP contribution >= 0.6 is 0 Å². The first kappa shape index (κ1) is 65.1. The van der Waals surface area contributed by atoms with Gasteiger partial charge in [-0.25, -0.2) is 0 Å². The maximum Gasteiger partial charge on any atom is -0.0103 e. The van der Waals surface area contributed by atoms with Gasteiger partial charge in [0.05, 0.1) is 0 Å². The summed E-state index contributed by atoms with van der Waals surface area (Å²) in [6, 6.07) is 130. The fraction of sp³-hybridized carbons (Fsp3) is 0.0737. The zero-order valence-electron chi connectivity index (χ0n) is 55.7. The summed E-state index contributed by atoms with van der Waals surface area (Å²) in [6.45, 7) is 14.9. The van der Waals surface area contributed by atoms with Gasteiger partial charge in [-0.3, -0.25) is 0 Å². The Hall–Kier alpha value is -11.4. The Morgan fingerprint density at radius 1 is 0.137 bits per heavy atom. The van der Waals surface area contributed by atoms with Crippen molar-refractivity contribution in [3.63, 3.8) is 0 Å². The largest absolute Gasteiger partial charge is 0.0622 e. The van der Waals surface area contributed by atoms with Crippen LogP contribution in [0.15, 0.2) is 370 Å². The van der Waals surface area contributed by atoms with Crippen molar-refractivity contribution < 1.29 is 0 Å². The second kappa shape index (κ2) is 32.2. The van der Waals surface area contributed by atoms with Crippen LogP contribution in [0, 0.1) is 48.5 Å². The van der Waals surface area contributed by atoms with Gasteiger partial charge in [0.25, 0.3) is 0 Å². The molecular formula is C95H82. The molecule has 0 N–H and O–H groups in total. The van der Waals surface area contributed by atoms with E-state index >= 15 is 0 Å². The van der Waals surface area contributed by atoms with Crippen molar-refractivity contribution in [1.29, 1.82) is 0 Å². The number of hydrogen-bond acceptors (Lipinski definition) is 0. The number of aryl methyl sites for hydroxylation is 7. The molecule has 0 saturated carbocycles. The van der Waals surface area contributed by atoms with Crippen molar-refractivity contribution in [1.82, 2.24) is 0 Å². The maximum absolute atomic E-state index is 2.26. The molecule has 0 bridgehead atoms. The molecule has 0 radical (unpaired) electrons. The summed E-state index contributed by atoms with van der Waals surface area (Å²) in [7, 11) is 0. The Labute approximate surface area is 562 Å². The fourth-order valence-electron chi connectivity index (χ4n) is 12.1. The van der Waals surface area contributed by atoms with Crippen LogP contribution < -0.4 is 0 Å². The lowest BCUT2D eigenvalue weighted by atomic mass is 9.98. The third-order valence-electron chi connectivity index (χ3n) is 17.2. The van der Waals surface area contributed by atoms with Crippen LogP contribution in [0.4, 0.5) is 0 Å².